The average molecular weight is 522 g/mol. The second kappa shape index (κ2) is 10.4. The molecule has 3 aromatic heterocycles. The van der Waals surface area contributed by atoms with Gasteiger partial charge in [-0.15, -0.1) is 21.5 Å². The molecule has 4 aromatic rings. The summed E-state index contributed by atoms with van der Waals surface area (Å²) in [5.41, 5.74) is 2.24. The summed E-state index contributed by atoms with van der Waals surface area (Å²) in [4.78, 5) is 23.1. The number of carbonyl (C=O) groups is 1. The monoisotopic (exact) mass is 521 g/mol. The first-order valence-corrected chi connectivity index (χ1v) is 13.7. The number of hydrogen-bond acceptors (Lipinski definition) is 9. The third-order valence-electron chi connectivity index (χ3n) is 5.83. The predicted octanol–water partition coefficient (Wildman–Crippen LogP) is 3.65. The molecule has 36 heavy (non-hydrogen) atoms. The Morgan fingerprint density at radius 1 is 1.00 bits per heavy atom. The zero-order chi connectivity index (χ0) is 25.0. The number of anilines is 3. The van der Waals surface area contributed by atoms with E-state index in [2.05, 4.69) is 35.1 Å². The number of hydrogen-bond donors (Lipinski definition) is 2. The van der Waals surface area contributed by atoms with Gasteiger partial charge in [0.05, 0.1) is 16.5 Å². The lowest BCUT2D eigenvalue weighted by atomic mass is 9.97. The SMILES string of the molecule is O=C(Nc1ccc(S(=O)(=O)Nc2nccs2)cc1)C1CCCN(c2ccc(-c3ccncc3)nn2)C1. The number of benzene rings is 1. The first-order valence-electron chi connectivity index (χ1n) is 11.3. The van der Waals surface area contributed by atoms with Gasteiger partial charge < -0.3 is 10.2 Å². The Hall–Kier alpha value is -3.90. The molecule has 1 aliphatic heterocycles. The second-order valence-corrected chi connectivity index (χ2v) is 10.8. The number of rotatable bonds is 7. The third kappa shape index (κ3) is 5.50. The van der Waals surface area contributed by atoms with Crippen LogP contribution in [-0.2, 0) is 14.8 Å². The van der Waals surface area contributed by atoms with Gasteiger partial charge in [0, 0.05) is 48.3 Å². The molecule has 5 rings (SSSR count). The van der Waals surface area contributed by atoms with E-state index >= 15 is 0 Å². The van der Waals surface area contributed by atoms with Crippen molar-refractivity contribution in [1.82, 2.24) is 20.2 Å². The molecule has 0 spiro atoms. The van der Waals surface area contributed by atoms with Crippen LogP contribution in [-0.4, -0.2) is 47.6 Å². The fraction of sp³-hybridized carbons (Fsp3) is 0.208. The molecule has 0 bridgehead atoms. The Kier molecular flexibility index (Phi) is 6.87. The molecule has 4 heterocycles. The highest BCUT2D eigenvalue weighted by molar-refractivity contribution is 7.93. The van der Waals surface area contributed by atoms with Crippen LogP contribution in [0, 0.1) is 5.92 Å². The van der Waals surface area contributed by atoms with Crippen LogP contribution in [0.25, 0.3) is 11.3 Å². The standard InChI is InChI=1S/C24H23N7O3S2/c32-23(27-19-3-5-20(6-4-19)36(33,34)30-24-26-13-15-35-24)18-2-1-14-31(16-18)22-8-7-21(28-29-22)17-9-11-25-12-10-17/h3-13,15,18H,1-2,14,16H2,(H,26,30)(H,27,32). The van der Waals surface area contributed by atoms with E-state index in [4.69, 9.17) is 0 Å². The van der Waals surface area contributed by atoms with Gasteiger partial charge in [0.1, 0.15) is 0 Å². The van der Waals surface area contributed by atoms with E-state index in [0.717, 1.165) is 36.5 Å². The third-order valence-corrected chi connectivity index (χ3v) is 8.00. The van der Waals surface area contributed by atoms with Crippen LogP contribution >= 0.6 is 11.3 Å². The van der Waals surface area contributed by atoms with E-state index in [1.807, 2.05) is 24.3 Å². The van der Waals surface area contributed by atoms with Crippen LogP contribution in [0.4, 0.5) is 16.6 Å². The second-order valence-electron chi connectivity index (χ2n) is 8.25. The molecule has 0 aliphatic carbocycles. The summed E-state index contributed by atoms with van der Waals surface area (Å²) in [5, 5.41) is 13.6. The van der Waals surface area contributed by atoms with Gasteiger partial charge in [0.2, 0.25) is 5.91 Å². The predicted molar refractivity (Wildman–Crippen MR) is 138 cm³/mol. The van der Waals surface area contributed by atoms with E-state index in [-0.39, 0.29) is 16.7 Å². The lowest BCUT2D eigenvalue weighted by Crippen LogP contribution is -2.41. The molecule has 1 aromatic carbocycles. The molecule has 12 heteroatoms. The number of aromatic nitrogens is 4. The fourth-order valence-electron chi connectivity index (χ4n) is 3.98. The van der Waals surface area contributed by atoms with Gasteiger partial charge in [-0.05, 0) is 61.4 Å². The Bertz CT molecular complexity index is 1410. The quantitative estimate of drug-likeness (QED) is 0.377. The molecule has 2 N–H and O–H groups in total. The van der Waals surface area contributed by atoms with Crippen LogP contribution in [0.2, 0.25) is 0 Å². The van der Waals surface area contributed by atoms with E-state index in [1.54, 1.807) is 29.9 Å². The number of thiazole rings is 1. The highest BCUT2D eigenvalue weighted by atomic mass is 32.2. The number of amides is 1. The summed E-state index contributed by atoms with van der Waals surface area (Å²) in [6, 6.07) is 13.7. The van der Waals surface area contributed by atoms with Crippen LogP contribution in [0.5, 0.6) is 0 Å². The van der Waals surface area contributed by atoms with Crippen molar-refractivity contribution in [2.75, 3.05) is 28.0 Å². The summed E-state index contributed by atoms with van der Waals surface area (Å²) in [7, 11) is -3.75. The van der Waals surface area contributed by atoms with Gasteiger partial charge in [-0.3, -0.25) is 14.5 Å². The average Bonchev–Trinajstić information content (AvgIpc) is 3.42. The van der Waals surface area contributed by atoms with Crippen molar-refractivity contribution < 1.29 is 13.2 Å². The number of piperidine rings is 1. The van der Waals surface area contributed by atoms with Crippen molar-refractivity contribution >= 4 is 43.9 Å². The molecule has 1 amide bonds. The zero-order valence-corrected chi connectivity index (χ0v) is 20.7. The molecule has 1 fully saturated rings. The summed E-state index contributed by atoms with van der Waals surface area (Å²) < 4.78 is 27.4. The molecular formula is C24H23N7O3S2. The van der Waals surface area contributed by atoms with Gasteiger partial charge in [0.25, 0.3) is 10.0 Å². The minimum absolute atomic E-state index is 0.0910. The Morgan fingerprint density at radius 2 is 1.81 bits per heavy atom. The van der Waals surface area contributed by atoms with Crippen LogP contribution in [0.1, 0.15) is 12.8 Å². The lowest BCUT2D eigenvalue weighted by Gasteiger charge is -2.32. The number of carbonyl (C=O) groups excluding carboxylic acids is 1. The highest BCUT2D eigenvalue weighted by Crippen LogP contribution is 2.25. The lowest BCUT2D eigenvalue weighted by molar-refractivity contribution is -0.120. The topological polar surface area (TPSA) is 130 Å². The van der Waals surface area contributed by atoms with Gasteiger partial charge in [0.15, 0.2) is 10.9 Å². The first kappa shape index (κ1) is 23.8. The molecule has 184 valence electrons. The fourth-order valence-corrected chi connectivity index (χ4v) is 5.77. The van der Waals surface area contributed by atoms with Crippen molar-refractivity contribution in [3.05, 3.63) is 72.5 Å². The minimum atomic E-state index is -3.75. The van der Waals surface area contributed by atoms with Crippen LogP contribution in [0.15, 0.2) is 77.4 Å². The van der Waals surface area contributed by atoms with Gasteiger partial charge in [-0.25, -0.2) is 13.4 Å². The molecule has 0 saturated carbocycles. The van der Waals surface area contributed by atoms with Crippen molar-refractivity contribution in [3.63, 3.8) is 0 Å². The Morgan fingerprint density at radius 3 is 2.50 bits per heavy atom. The van der Waals surface area contributed by atoms with Crippen molar-refractivity contribution in [2.45, 2.75) is 17.7 Å². The van der Waals surface area contributed by atoms with Crippen molar-refractivity contribution in [3.8, 4) is 11.3 Å². The number of nitrogens with one attached hydrogen (secondary N) is 2. The van der Waals surface area contributed by atoms with Crippen molar-refractivity contribution in [2.24, 2.45) is 5.92 Å². The summed E-state index contributed by atoms with van der Waals surface area (Å²) in [6.07, 6.45) is 6.56. The summed E-state index contributed by atoms with van der Waals surface area (Å²) >= 11 is 1.20. The Balaban J connectivity index is 1.20. The first-order chi connectivity index (χ1) is 17.5. The van der Waals surface area contributed by atoms with E-state index in [1.165, 1.54) is 29.7 Å². The molecule has 10 nitrogen and oxygen atoms in total. The molecular weight excluding hydrogens is 498 g/mol. The zero-order valence-electron chi connectivity index (χ0n) is 19.1. The maximum Gasteiger partial charge on any atom is 0.263 e. The molecule has 1 saturated heterocycles. The van der Waals surface area contributed by atoms with Crippen LogP contribution in [0.3, 0.4) is 0 Å². The maximum atomic E-state index is 13.0. The van der Waals surface area contributed by atoms with Crippen LogP contribution < -0.4 is 14.9 Å². The summed E-state index contributed by atoms with van der Waals surface area (Å²) in [6.45, 7) is 1.32. The molecule has 1 unspecified atom stereocenters. The van der Waals surface area contributed by atoms with E-state index in [9.17, 15) is 13.2 Å². The largest absolute Gasteiger partial charge is 0.354 e. The normalized spacial score (nSPS) is 15.9. The molecule has 1 aliphatic rings. The van der Waals surface area contributed by atoms with E-state index < -0.39 is 10.0 Å². The van der Waals surface area contributed by atoms with Gasteiger partial charge >= 0.3 is 0 Å². The number of pyridine rings is 1. The van der Waals surface area contributed by atoms with E-state index in [0.29, 0.717) is 17.4 Å². The van der Waals surface area contributed by atoms with Crippen molar-refractivity contribution in [1.29, 1.82) is 0 Å². The molecule has 1 atom stereocenters. The number of sulfonamides is 1. The summed E-state index contributed by atoms with van der Waals surface area (Å²) in [5.74, 6) is 0.389. The van der Waals surface area contributed by atoms with Gasteiger partial charge in [-0.2, -0.15) is 0 Å². The Labute approximate surface area is 212 Å². The smallest absolute Gasteiger partial charge is 0.263 e. The number of nitrogens with zero attached hydrogens (tertiary/aromatic N) is 5. The van der Waals surface area contributed by atoms with Gasteiger partial charge in [-0.1, -0.05) is 0 Å². The minimum Gasteiger partial charge on any atom is -0.354 e. The maximum absolute atomic E-state index is 13.0. The highest BCUT2D eigenvalue weighted by Gasteiger charge is 2.27. The molecule has 0 radical (unpaired) electrons.